The van der Waals surface area contributed by atoms with Crippen LogP contribution < -0.4 is 5.32 Å². The molecule has 0 amide bonds. The van der Waals surface area contributed by atoms with E-state index in [9.17, 15) is 0 Å². The van der Waals surface area contributed by atoms with E-state index in [2.05, 4.69) is 37.4 Å². The first-order valence-electron chi connectivity index (χ1n) is 5.51. The minimum absolute atomic E-state index is 0.769. The van der Waals surface area contributed by atoms with Crippen molar-refractivity contribution in [3.05, 3.63) is 47.2 Å². The lowest BCUT2D eigenvalue weighted by Crippen LogP contribution is -2.03. The maximum Gasteiger partial charge on any atom is 0.134 e. The molecule has 0 fully saturated rings. The zero-order chi connectivity index (χ0) is 11.5. The van der Waals surface area contributed by atoms with Crippen LogP contribution in [0.4, 0.5) is 0 Å². The first-order chi connectivity index (χ1) is 7.69. The number of benzene rings is 1. The molecule has 0 bridgehead atoms. The molecule has 2 rings (SSSR count). The van der Waals surface area contributed by atoms with E-state index in [-0.39, 0.29) is 0 Å². The summed E-state index contributed by atoms with van der Waals surface area (Å²) in [5.41, 5.74) is 3.68. The summed E-state index contributed by atoms with van der Waals surface area (Å²) in [6, 6.07) is 10.5. The Balaban J connectivity index is 2.34. The highest BCUT2D eigenvalue weighted by atomic mass is 16.3. The van der Waals surface area contributed by atoms with Crippen molar-refractivity contribution in [3.63, 3.8) is 0 Å². The van der Waals surface area contributed by atoms with Gasteiger partial charge in [-0.3, -0.25) is 0 Å². The Hall–Kier alpha value is -1.54. The molecule has 0 aliphatic carbocycles. The Bertz CT molecular complexity index is 465. The van der Waals surface area contributed by atoms with E-state index < -0.39 is 0 Å². The van der Waals surface area contributed by atoms with Gasteiger partial charge in [-0.25, -0.2) is 0 Å². The maximum absolute atomic E-state index is 5.76. The van der Waals surface area contributed by atoms with Crippen molar-refractivity contribution < 1.29 is 4.42 Å². The van der Waals surface area contributed by atoms with Gasteiger partial charge in [0.1, 0.15) is 11.5 Å². The van der Waals surface area contributed by atoms with Crippen molar-refractivity contribution in [3.8, 4) is 11.3 Å². The summed E-state index contributed by atoms with van der Waals surface area (Å²) in [5, 5.41) is 3.08. The summed E-state index contributed by atoms with van der Waals surface area (Å²) in [6.07, 6.45) is 0. The second-order valence-electron chi connectivity index (χ2n) is 4.17. The lowest BCUT2D eigenvalue weighted by Gasteiger charge is -2.02. The fourth-order valence-electron chi connectivity index (χ4n) is 1.92. The van der Waals surface area contributed by atoms with Crippen LogP contribution in [0.25, 0.3) is 11.3 Å². The fraction of sp³-hybridized carbons (Fsp3) is 0.286. The molecule has 0 unspecified atom stereocenters. The van der Waals surface area contributed by atoms with Crippen molar-refractivity contribution in [1.82, 2.24) is 5.32 Å². The van der Waals surface area contributed by atoms with Crippen molar-refractivity contribution >= 4 is 0 Å². The van der Waals surface area contributed by atoms with Gasteiger partial charge in [0.25, 0.3) is 0 Å². The van der Waals surface area contributed by atoms with Crippen LogP contribution in [-0.2, 0) is 6.54 Å². The number of aryl methyl sites for hydroxylation is 2. The molecule has 2 heteroatoms. The summed E-state index contributed by atoms with van der Waals surface area (Å²) in [7, 11) is 1.92. The average molecular weight is 215 g/mol. The molecule has 0 aliphatic rings. The summed E-state index contributed by atoms with van der Waals surface area (Å²) < 4.78 is 5.76. The van der Waals surface area contributed by atoms with E-state index >= 15 is 0 Å². The largest absolute Gasteiger partial charge is 0.460 e. The van der Waals surface area contributed by atoms with Crippen LogP contribution in [0.2, 0.25) is 0 Å². The van der Waals surface area contributed by atoms with E-state index in [0.717, 1.165) is 23.6 Å². The number of furan rings is 1. The van der Waals surface area contributed by atoms with E-state index in [0.29, 0.717) is 0 Å². The third-order valence-electron chi connectivity index (χ3n) is 2.52. The van der Waals surface area contributed by atoms with Gasteiger partial charge in [0.2, 0.25) is 0 Å². The first-order valence-corrected chi connectivity index (χ1v) is 5.51. The van der Waals surface area contributed by atoms with Crippen molar-refractivity contribution in [1.29, 1.82) is 0 Å². The molecule has 1 N–H and O–H groups in total. The van der Waals surface area contributed by atoms with E-state index in [1.165, 1.54) is 11.1 Å². The molecule has 0 saturated heterocycles. The van der Waals surface area contributed by atoms with E-state index in [4.69, 9.17) is 4.42 Å². The summed E-state index contributed by atoms with van der Waals surface area (Å²) in [6.45, 7) is 4.98. The molecule has 2 nitrogen and oxygen atoms in total. The Kier molecular flexibility index (Phi) is 3.11. The van der Waals surface area contributed by atoms with Gasteiger partial charge in [-0.05, 0) is 45.2 Å². The van der Waals surface area contributed by atoms with Crippen molar-refractivity contribution in [2.75, 3.05) is 7.05 Å². The molecular formula is C14H17NO. The van der Waals surface area contributed by atoms with Crippen molar-refractivity contribution in [2.24, 2.45) is 0 Å². The standard InChI is InChI=1S/C14H17NO/c1-10-6-11(2)8-12(7-10)14-5-4-13(16-14)9-15-3/h4-8,15H,9H2,1-3H3. The highest BCUT2D eigenvalue weighted by Gasteiger charge is 2.05. The maximum atomic E-state index is 5.76. The van der Waals surface area contributed by atoms with Gasteiger partial charge >= 0.3 is 0 Å². The van der Waals surface area contributed by atoms with Crippen LogP contribution >= 0.6 is 0 Å². The van der Waals surface area contributed by atoms with Gasteiger partial charge in [-0.2, -0.15) is 0 Å². The minimum Gasteiger partial charge on any atom is -0.460 e. The first kappa shape index (κ1) is 11.0. The van der Waals surface area contributed by atoms with Gasteiger partial charge < -0.3 is 9.73 Å². The van der Waals surface area contributed by atoms with Crippen LogP contribution in [-0.4, -0.2) is 7.05 Å². The average Bonchev–Trinajstić information content (AvgIpc) is 2.65. The molecule has 1 aromatic carbocycles. The van der Waals surface area contributed by atoms with Crippen molar-refractivity contribution in [2.45, 2.75) is 20.4 Å². The topological polar surface area (TPSA) is 25.2 Å². The number of hydrogen-bond donors (Lipinski definition) is 1. The molecule has 0 atom stereocenters. The van der Waals surface area contributed by atoms with E-state index in [1.54, 1.807) is 0 Å². The Morgan fingerprint density at radius 2 is 1.75 bits per heavy atom. The van der Waals surface area contributed by atoms with Gasteiger partial charge in [0.05, 0.1) is 6.54 Å². The lowest BCUT2D eigenvalue weighted by atomic mass is 10.1. The third kappa shape index (κ3) is 2.34. The van der Waals surface area contributed by atoms with Gasteiger partial charge in [-0.15, -0.1) is 0 Å². The Morgan fingerprint density at radius 1 is 1.06 bits per heavy atom. The molecule has 84 valence electrons. The molecule has 1 heterocycles. The quantitative estimate of drug-likeness (QED) is 0.850. The highest BCUT2D eigenvalue weighted by Crippen LogP contribution is 2.24. The zero-order valence-corrected chi connectivity index (χ0v) is 10.0. The molecule has 16 heavy (non-hydrogen) atoms. The molecule has 1 aromatic heterocycles. The second kappa shape index (κ2) is 4.54. The fourth-order valence-corrected chi connectivity index (χ4v) is 1.92. The highest BCUT2D eigenvalue weighted by molar-refractivity contribution is 5.59. The normalized spacial score (nSPS) is 10.7. The molecular weight excluding hydrogens is 198 g/mol. The smallest absolute Gasteiger partial charge is 0.134 e. The third-order valence-corrected chi connectivity index (χ3v) is 2.52. The van der Waals surface area contributed by atoms with Crippen LogP contribution in [0, 0.1) is 13.8 Å². The summed E-state index contributed by atoms with van der Waals surface area (Å²) >= 11 is 0. The SMILES string of the molecule is CNCc1ccc(-c2cc(C)cc(C)c2)o1. The monoisotopic (exact) mass is 215 g/mol. The number of hydrogen-bond acceptors (Lipinski definition) is 2. The lowest BCUT2D eigenvalue weighted by molar-refractivity contribution is 0.507. The van der Waals surface area contributed by atoms with Gasteiger partial charge in [0, 0.05) is 5.56 Å². The second-order valence-corrected chi connectivity index (χ2v) is 4.17. The molecule has 0 radical (unpaired) electrons. The molecule has 0 spiro atoms. The zero-order valence-electron chi connectivity index (χ0n) is 10.0. The van der Waals surface area contributed by atoms with Gasteiger partial charge in [-0.1, -0.05) is 17.2 Å². The Labute approximate surface area is 96.3 Å². The minimum atomic E-state index is 0.769. The molecule has 0 aliphatic heterocycles. The summed E-state index contributed by atoms with van der Waals surface area (Å²) in [5.74, 6) is 1.91. The van der Waals surface area contributed by atoms with Crippen LogP contribution in [0.1, 0.15) is 16.9 Å². The van der Waals surface area contributed by atoms with Gasteiger partial charge in [0.15, 0.2) is 0 Å². The van der Waals surface area contributed by atoms with Crippen LogP contribution in [0.15, 0.2) is 34.7 Å². The predicted octanol–water partition coefficient (Wildman–Crippen LogP) is 3.28. The number of rotatable bonds is 3. The molecule has 0 saturated carbocycles. The van der Waals surface area contributed by atoms with Crippen LogP contribution in [0.5, 0.6) is 0 Å². The predicted molar refractivity (Wildman–Crippen MR) is 66.4 cm³/mol. The van der Waals surface area contributed by atoms with E-state index in [1.807, 2.05) is 19.2 Å². The summed E-state index contributed by atoms with van der Waals surface area (Å²) in [4.78, 5) is 0. The number of nitrogens with one attached hydrogen (secondary N) is 1. The Morgan fingerprint density at radius 3 is 2.38 bits per heavy atom. The molecule has 2 aromatic rings. The van der Waals surface area contributed by atoms with Crippen LogP contribution in [0.3, 0.4) is 0 Å².